The molecule has 0 spiro atoms. The van der Waals surface area contributed by atoms with Crippen molar-refractivity contribution >= 4 is 23.5 Å². The lowest BCUT2D eigenvalue weighted by molar-refractivity contribution is -0.143. The number of nitrogens with zero attached hydrogens (tertiary/aromatic N) is 4. The van der Waals surface area contributed by atoms with E-state index in [1.165, 1.54) is 11.2 Å². The average Bonchev–Trinajstić information content (AvgIpc) is 3.31. The summed E-state index contributed by atoms with van der Waals surface area (Å²) in [5.41, 5.74) is 2.05. The Morgan fingerprint density at radius 1 is 1.35 bits per heavy atom. The Morgan fingerprint density at radius 3 is 2.88 bits per heavy atom. The van der Waals surface area contributed by atoms with Gasteiger partial charge in [0, 0.05) is 31.1 Å². The zero-order valence-electron chi connectivity index (χ0n) is 13.5. The number of hydrogen-bond donors (Lipinski definition) is 2. The largest absolute Gasteiger partial charge is 0.479 e. The number of H-pyrrole nitrogens is 1. The first-order valence-electron chi connectivity index (χ1n) is 7.91. The van der Waals surface area contributed by atoms with Crippen molar-refractivity contribution in [2.24, 2.45) is 0 Å². The van der Waals surface area contributed by atoms with Crippen molar-refractivity contribution in [1.29, 1.82) is 0 Å². The molecule has 2 aromatic heterocycles. The summed E-state index contributed by atoms with van der Waals surface area (Å²) in [4.78, 5) is 33.0. The van der Waals surface area contributed by atoms with E-state index in [0.717, 1.165) is 5.69 Å². The molecule has 0 radical (unpaired) electrons. The molecule has 8 nitrogen and oxygen atoms in total. The number of nitrogens with one attached hydrogen (secondary N) is 1. The Kier molecular flexibility index (Phi) is 3.96. The van der Waals surface area contributed by atoms with Gasteiger partial charge in [0.15, 0.2) is 6.04 Å². The number of fused-ring (bicyclic) bond motifs is 1. The zero-order chi connectivity index (χ0) is 18.3. The molecular formula is C17H14ClN5O3. The third kappa shape index (κ3) is 2.64. The summed E-state index contributed by atoms with van der Waals surface area (Å²) in [7, 11) is 0. The molecule has 2 N–H and O–H groups in total. The van der Waals surface area contributed by atoms with Crippen LogP contribution in [-0.4, -0.2) is 48.2 Å². The van der Waals surface area contributed by atoms with Crippen LogP contribution < -0.4 is 0 Å². The Morgan fingerprint density at radius 2 is 2.19 bits per heavy atom. The molecule has 132 valence electrons. The van der Waals surface area contributed by atoms with Gasteiger partial charge in [-0.2, -0.15) is 5.10 Å². The molecule has 0 fully saturated rings. The minimum atomic E-state index is -1.14. The molecule has 1 amide bonds. The fourth-order valence-corrected chi connectivity index (χ4v) is 3.40. The van der Waals surface area contributed by atoms with Gasteiger partial charge in [0.2, 0.25) is 0 Å². The molecule has 1 unspecified atom stereocenters. The SMILES string of the molecule is O=C(O)C1c2nc[nH]c2CCN1C(=O)c1ccc(-n2cccn2)cc1Cl. The zero-order valence-corrected chi connectivity index (χ0v) is 14.2. The quantitative estimate of drug-likeness (QED) is 0.733. The number of aliphatic carboxylic acids is 1. The number of imidazole rings is 1. The van der Waals surface area contributed by atoms with Crippen LogP contribution >= 0.6 is 11.6 Å². The molecule has 1 aliphatic rings. The maximum absolute atomic E-state index is 13.0. The fraction of sp³-hybridized carbons (Fsp3) is 0.176. The monoisotopic (exact) mass is 371 g/mol. The highest BCUT2D eigenvalue weighted by atomic mass is 35.5. The molecule has 1 aliphatic heterocycles. The molecule has 3 aromatic rings. The van der Waals surface area contributed by atoms with Crippen molar-refractivity contribution in [3.8, 4) is 5.69 Å². The first-order valence-corrected chi connectivity index (χ1v) is 8.29. The van der Waals surface area contributed by atoms with Gasteiger partial charge in [0.05, 0.1) is 28.3 Å². The van der Waals surface area contributed by atoms with E-state index >= 15 is 0 Å². The summed E-state index contributed by atoms with van der Waals surface area (Å²) in [6.07, 6.45) is 5.35. The molecule has 1 aromatic carbocycles. The lowest BCUT2D eigenvalue weighted by atomic mass is 10.0. The van der Waals surface area contributed by atoms with E-state index in [-0.39, 0.29) is 17.1 Å². The molecule has 1 atom stereocenters. The van der Waals surface area contributed by atoms with Gasteiger partial charge in [-0.05, 0) is 24.3 Å². The third-order valence-electron chi connectivity index (χ3n) is 4.37. The number of aromatic amines is 1. The van der Waals surface area contributed by atoms with Crippen LogP contribution in [0.25, 0.3) is 5.69 Å². The Labute approximate surface area is 153 Å². The number of carboxylic acid groups (broad SMARTS) is 1. The second-order valence-electron chi connectivity index (χ2n) is 5.87. The van der Waals surface area contributed by atoms with Crippen LogP contribution in [0, 0.1) is 0 Å². The lowest BCUT2D eigenvalue weighted by Gasteiger charge is -2.32. The van der Waals surface area contributed by atoms with Gasteiger partial charge < -0.3 is 15.0 Å². The van der Waals surface area contributed by atoms with Crippen LogP contribution in [-0.2, 0) is 11.2 Å². The predicted molar refractivity (Wildman–Crippen MR) is 92.3 cm³/mol. The van der Waals surface area contributed by atoms with Crippen molar-refractivity contribution in [1.82, 2.24) is 24.6 Å². The van der Waals surface area contributed by atoms with E-state index < -0.39 is 17.9 Å². The van der Waals surface area contributed by atoms with Gasteiger partial charge in [0.25, 0.3) is 5.91 Å². The fourth-order valence-electron chi connectivity index (χ4n) is 3.14. The summed E-state index contributed by atoms with van der Waals surface area (Å²) < 4.78 is 1.62. The maximum Gasteiger partial charge on any atom is 0.332 e. The molecule has 4 rings (SSSR count). The number of aromatic nitrogens is 4. The highest BCUT2D eigenvalue weighted by Gasteiger charge is 2.38. The van der Waals surface area contributed by atoms with E-state index in [4.69, 9.17) is 11.6 Å². The van der Waals surface area contributed by atoms with Crippen molar-refractivity contribution < 1.29 is 14.7 Å². The van der Waals surface area contributed by atoms with Crippen LogP contribution in [0.3, 0.4) is 0 Å². The lowest BCUT2D eigenvalue weighted by Crippen LogP contribution is -2.43. The van der Waals surface area contributed by atoms with Crippen LogP contribution in [0.5, 0.6) is 0 Å². The number of rotatable bonds is 3. The first kappa shape index (κ1) is 16.3. The van der Waals surface area contributed by atoms with Crippen LogP contribution in [0.4, 0.5) is 0 Å². The van der Waals surface area contributed by atoms with Crippen molar-refractivity contribution in [2.75, 3.05) is 6.54 Å². The van der Waals surface area contributed by atoms with E-state index in [0.29, 0.717) is 17.8 Å². The van der Waals surface area contributed by atoms with Crippen LogP contribution in [0.1, 0.15) is 27.8 Å². The number of carbonyl (C=O) groups excluding carboxylic acids is 1. The summed E-state index contributed by atoms with van der Waals surface area (Å²) in [5, 5.41) is 14.0. The van der Waals surface area contributed by atoms with Crippen molar-refractivity contribution in [2.45, 2.75) is 12.5 Å². The van der Waals surface area contributed by atoms with Gasteiger partial charge >= 0.3 is 5.97 Å². The van der Waals surface area contributed by atoms with E-state index in [1.54, 1.807) is 41.3 Å². The summed E-state index contributed by atoms with van der Waals surface area (Å²) in [6, 6.07) is 5.56. The van der Waals surface area contributed by atoms with Crippen LogP contribution in [0.2, 0.25) is 5.02 Å². The standard InChI is InChI=1S/C17H14ClN5O3/c18-12-8-10(23-6-1-5-21-23)2-3-11(12)16(24)22-7-4-13-14(20-9-19-13)15(22)17(25)26/h1-3,5-6,8-9,15H,4,7H2,(H,19,20)(H,25,26). The molecule has 9 heteroatoms. The Bertz CT molecular complexity index is 982. The number of benzene rings is 1. The molecule has 3 heterocycles. The summed E-state index contributed by atoms with van der Waals surface area (Å²) in [5.74, 6) is -1.57. The summed E-state index contributed by atoms with van der Waals surface area (Å²) >= 11 is 6.31. The highest BCUT2D eigenvalue weighted by Crippen LogP contribution is 2.31. The van der Waals surface area contributed by atoms with E-state index in [9.17, 15) is 14.7 Å². The third-order valence-corrected chi connectivity index (χ3v) is 4.68. The Balaban J connectivity index is 1.68. The second kappa shape index (κ2) is 6.30. The number of carboxylic acids is 1. The minimum absolute atomic E-state index is 0.236. The van der Waals surface area contributed by atoms with Gasteiger partial charge in [-0.3, -0.25) is 4.79 Å². The Hall–Kier alpha value is -3.13. The number of amides is 1. The highest BCUT2D eigenvalue weighted by molar-refractivity contribution is 6.34. The van der Waals surface area contributed by atoms with Gasteiger partial charge in [-0.1, -0.05) is 11.6 Å². The summed E-state index contributed by atoms with van der Waals surface area (Å²) in [6.45, 7) is 0.266. The molecule has 0 saturated heterocycles. The van der Waals surface area contributed by atoms with Crippen molar-refractivity contribution in [3.05, 3.63) is 65.0 Å². The van der Waals surface area contributed by atoms with E-state index in [2.05, 4.69) is 15.1 Å². The first-order chi connectivity index (χ1) is 12.6. The van der Waals surface area contributed by atoms with E-state index in [1.807, 2.05) is 0 Å². The van der Waals surface area contributed by atoms with Gasteiger partial charge in [-0.15, -0.1) is 0 Å². The number of hydrogen-bond acceptors (Lipinski definition) is 4. The molecule has 0 saturated carbocycles. The maximum atomic E-state index is 13.0. The molecular weight excluding hydrogens is 358 g/mol. The minimum Gasteiger partial charge on any atom is -0.479 e. The number of carbonyl (C=O) groups is 2. The average molecular weight is 372 g/mol. The van der Waals surface area contributed by atoms with Crippen molar-refractivity contribution in [3.63, 3.8) is 0 Å². The molecule has 0 bridgehead atoms. The molecule has 0 aliphatic carbocycles. The van der Waals surface area contributed by atoms with Crippen LogP contribution in [0.15, 0.2) is 43.0 Å². The molecule has 26 heavy (non-hydrogen) atoms. The topological polar surface area (TPSA) is 104 Å². The smallest absolute Gasteiger partial charge is 0.332 e. The second-order valence-corrected chi connectivity index (χ2v) is 6.28. The number of halogens is 1. The van der Waals surface area contributed by atoms with Gasteiger partial charge in [-0.25, -0.2) is 14.5 Å². The van der Waals surface area contributed by atoms with Gasteiger partial charge in [0.1, 0.15) is 0 Å². The predicted octanol–water partition coefficient (Wildman–Crippen LogP) is 2.07. The normalized spacial score (nSPS) is 16.3.